The Labute approximate surface area is 171 Å². The van der Waals surface area contributed by atoms with Gasteiger partial charge in [0.2, 0.25) is 0 Å². The molecule has 2 amide bonds. The highest BCUT2D eigenvalue weighted by Crippen LogP contribution is 2.26. The molecule has 29 heavy (non-hydrogen) atoms. The zero-order chi connectivity index (χ0) is 20.4. The Kier molecular flexibility index (Phi) is 5.01. The number of carbonyl (C=O) groups is 2. The largest absolute Gasteiger partial charge is 0.459 e. The molecule has 0 unspecified atom stereocenters. The number of nitrogens with zero attached hydrogens (tertiary/aromatic N) is 2. The van der Waals surface area contributed by atoms with E-state index in [4.69, 9.17) is 4.42 Å². The molecule has 0 aliphatic heterocycles. The van der Waals surface area contributed by atoms with E-state index < -0.39 is 0 Å². The van der Waals surface area contributed by atoms with Gasteiger partial charge in [-0.2, -0.15) is 5.10 Å². The fraction of sp³-hybridized carbons (Fsp3) is 0.0952. The standard InChI is InChI=1S/C21H18N4O3S/c1-13-12-14(2)25(24-13)16-7-4-3-6-15(16)22-21(27)18-9-10-19(29-18)23-20(26)17-8-5-11-28-17/h3-12H,1-2H3,(H,22,27)(H,23,26). The Hall–Kier alpha value is -3.65. The number of para-hydroxylation sites is 2. The van der Waals surface area contributed by atoms with Gasteiger partial charge in [-0.05, 0) is 56.3 Å². The number of rotatable bonds is 5. The highest BCUT2D eigenvalue weighted by atomic mass is 32.1. The molecule has 0 radical (unpaired) electrons. The number of aryl methyl sites for hydroxylation is 2. The van der Waals surface area contributed by atoms with Gasteiger partial charge in [-0.15, -0.1) is 11.3 Å². The Morgan fingerprint density at radius 1 is 1.00 bits per heavy atom. The van der Waals surface area contributed by atoms with Crippen LogP contribution in [-0.4, -0.2) is 21.6 Å². The molecule has 0 atom stereocenters. The summed E-state index contributed by atoms with van der Waals surface area (Å²) in [4.78, 5) is 25.3. The van der Waals surface area contributed by atoms with Crippen molar-refractivity contribution in [1.82, 2.24) is 9.78 Å². The number of aromatic nitrogens is 2. The molecule has 0 spiro atoms. The molecule has 0 aliphatic carbocycles. The summed E-state index contributed by atoms with van der Waals surface area (Å²) in [7, 11) is 0. The number of carbonyl (C=O) groups excluding carboxylic acids is 2. The van der Waals surface area contributed by atoms with E-state index in [-0.39, 0.29) is 17.6 Å². The van der Waals surface area contributed by atoms with Crippen molar-refractivity contribution in [2.45, 2.75) is 13.8 Å². The molecule has 0 fully saturated rings. The van der Waals surface area contributed by atoms with Crippen LogP contribution in [0, 0.1) is 13.8 Å². The Bertz CT molecular complexity index is 1170. The maximum Gasteiger partial charge on any atom is 0.291 e. The van der Waals surface area contributed by atoms with E-state index in [0.717, 1.165) is 17.1 Å². The van der Waals surface area contributed by atoms with Gasteiger partial charge in [0.15, 0.2) is 5.76 Å². The average Bonchev–Trinajstić information content (AvgIpc) is 3.43. The predicted octanol–water partition coefficient (Wildman–Crippen LogP) is 4.65. The van der Waals surface area contributed by atoms with Crippen molar-refractivity contribution in [3.63, 3.8) is 0 Å². The van der Waals surface area contributed by atoms with Crippen molar-refractivity contribution < 1.29 is 14.0 Å². The summed E-state index contributed by atoms with van der Waals surface area (Å²) in [6.45, 7) is 3.89. The van der Waals surface area contributed by atoms with Crippen LogP contribution in [0.25, 0.3) is 5.69 Å². The lowest BCUT2D eigenvalue weighted by molar-refractivity contribution is 0.0995. The smallest absolute Gasteiger partial charge is 0.291 e. The fourth-order valence-electron chi connectivity index (χ4n) is 2.93. The van der Waals surface area contributed by atoms with Crippen LogP contribution < -0.4 is 10.6 Å². The fourth-order valence-corrected chi connectivity index (χ4v) is 3.73. The summed E-state index contributed by atoms with van der Waals surface area (Å²) >= 11 is 1.19. The quantitative estimate of drug-likeness (QED) is 0.505. The molecule has 146 valence electrons. The summed E-state index contributed by atoms with van der Waals surface area (Å²) in [6, 6.07) is 16.0. The summed E-state index contributed by atoms with van der Waals surface area (Å²) < 4.78 is 6.87. The first kappa shape index (κ1) is 18.7. The van der Waals surface area contributed by atoms with Gasteiger partial charge >= 0.3 is 0 Å². The van der Waals surface area contributed by atoms with E-state index >= 15 is 0 Å². The van der Waals surface area contributed by atoms with E-state index in [0.29, 0.717) is 15.6 Å². The molecule has 4 rings (SSSR count). The topological polar surface area (TPSA) is 89.2 Å². The summed E-state index contributed by atoms with van der Waals surface area (Å²) in [6.07, 6.45) is 1.43. The summed E-state index contributed by atoms with van der Waals surface area (Å²) in [5, 5.41) is 10.7. The normalized spacial score (nSPS) is 10.7. The van der Waals surface area contributed by atoms with Crippen LogP contribution in [0.4, 0.5) is 10.7 Å². The molecule has 3 aromatic heterocycles. The Morgan fingerprint density at radius 3 is 2.55 bits per heavy atom. The maximum atomic E-state index is 12.8. The molecule has 0 saturated carbocycles. The first-order valence-electron chi connectivity index (χ1n) is 8.90. The van der Waals surface area contributed by atoms with E-state index in [2.05, 4.69) is 15.7 Å². The van der Waals surface area contributed by atoms with E-state index in [1.54, 1.807) is 28.9 Å². The monoisotopic (exact) mass is 406 g/mol. The Morgan fingerprint density at radius 2 is 1.83 bits per heavy atom. The van der Waals surface area contributed by atoms with Crippen molar-refractivity contribution in [2.75, 3.05) is 10.6 Å². The number of nitrogens with one attached hydrogen (secondary N) is 2. The number of benzene rings is 1. The van der Waals surface area contributed by atoms with Crippen molar-refractivity contribution in [3.05, 3.63) is 82.9 Å². The van der Waals surface area contributed by atoms with Crippen LogP contribution in [-0.2, 0) is 0 Å². The van der Waals surface area contributed by atoms with Gasteiger partial charge in [0.25, 0.3) is 11.8 Å². The van der Waals surface area contributed by atoms with Gasteiger partial charge in [-0.3, -0.25) is 9.59 Å². The SMILES string of the molecule is Cc1cc(C)n(-c2ccccc2NC(=O)c2ccc(NC(=O)c3ccco3)s2)n1. The van der Waals surface area contributed by atoms with Gasteiger partial charge in [-0.1, -0.05) is 12.1 Å². The Balaban J connectivity index is 1.52. The minimum Gasteiger partial charge on any atom is -0.459 e. The van der Waals surface area contributed by atoms with Crippen molar-refractivity contribution in [2.24, 2.45) is 0 Å². The summed E-state index contributed by atoms with van der Waals surface area (Å²) in [5.41, 5.74) is 3.31. The number of hydrogen-bond acceptors (Lipinski definition) is 5. The van der Waals surface area contributed by atoms with E-state index in [9.17, 15) is 9.59 Å². The molecular formula is C21H18N4O3S. The third kappa shape index (κ3) is 3.97. The van der Waals surface area contributed by atoms with E-state index in [1.165, 1.54) is 17.6 Å². The second kappa shape index (κ2) is 7.76. The van der Waals surface area contributed by atoms with Crippen molar-refractivity contribution >= 4 is 33.8 Å². The number of anilines is 2. The van der Waals surface area contributed by atoms with Gasteiger partial charge in [0, 0.05) is 5.69 Å². The molecule has 7 nitrogen and oxygen atoms in total. The highest BCUT2D eigenvalue weighted by molar-refractivity contribution is 7.18. The van der Waals surface area contributed by atoms with Crippen LogP contribution in [0.1, 0.15) is 31.6 Å². The van der Waals surface area contributed by atoms with Crippen LogP contribution in [0.2, 0.25) is 0 Å². The van der Waals surface area contributed by atoms with Gasteiger partial charge < -0.3 is 15.1 Å². The summed E-state index contributed by atoms with van der Waals surface area (Å²) in [5.74, 6) is -0.413. The lowest BCUT2D eigenvalue weighted by atomic mass is 10.2. The first-order chi connectivity index (χ1) is 14.0. The van der Waals surface area contributed by atoms with Gasteiger partial charge in [0.1, 0.15) is 0 Å². The molecule has 1 aromatic carbocycles. The van der Waals surface area contributed by atoms with Crippen LogP contribution in [0.3, 0.4) is 0 Å². The van der Waals surface area contributed by atoms with Crippen LogP contribution in [0.5, 0.6) is 0 Å². The van der Waals surface area contributed by atoms with Gasteiger partial charge in [0.05, 0.1) is 33.2 Å². The minimum atomic E-state index is -0.362. The minimum absolute atomic E-state index is 0.211. The molecule has 8 heteroatoms. The lowest BCUT2D eigenvalue weighted by Gasteiger charge is -2.12. The third-order valence-electron chi connectivity index (χ3n) is 4.20. The average molecular weight is 406 g/mol. The number of thiophene rings is 1. The van der Waals surface area contributed by atoms with Gasteiger partial charge in [-0.25, -0.2) is 4.68 Å². The lowest BCUT2D eigenvalue weighted by Crippen LogP contribution is -2.13. The second-order valence-electron chi connectivity index (χ2n) is 6.41. The van der Waals surface area contributed by atoms with Crippen LogP contribution >= 0.6 is 11.3 Å². The number of hydrogen-bond donors (Lipinski definition) is 2. The van der Waals surface area contributed by atoms with E-state index in [1.807, 2.05) is 44.2 Å². The second-order valence-corrected chi connectivity index (χ2v) is 7.49. The first-order valence-corrected chi connectivity index (χ1v) is 9.71. The number of amides is 2. The highest BCUT2D eigenvalue weighted by Gasteiger charge is 2.16. The number of furan rings is 1. The maximum absolute atomic E-state index is 12.8. The van der Waals surface area contributed by atoms with Crippen molar-refractivity contribution in [3.8, 4) is 5.69 Å². The molecular weight excluding hydrogens is 388 g/mol. The predicted molar refractivity (Wildman–Crippen MR) is 112 cm³/mol. The molecule has 2 N–H and O–H groups in total. The molecule has 4 aromatic rings. The molecule has 0 saturated heterocycles. The molecule has 0 bridgehead atoms. The van der Waals surface area contributed by atoms with Crippen LogP contribution in [0.15, 0.2) is 65.3 Å². The molecule has 0 aliphatic rings. The zero-order valence-electron chi connectivity index (χ0n) is 15.8. The zero-order valence-corrected chi connectivity index (χ0v) is 16.6. The van der Waals surface area contributed by atoms with Crippen molar-refractivity contribution in [1.29, 1.82) is 0 Å². The molecule has 3 heterocycles. The third-order valence-corrected chi connectivity index (χ3v) is 5.20.